The zero-order chi connectivity index (χ0) is 11.8. The highest BCUT2D eigenvalue weighted by molar-refractivity contribution is 5.58. The molecule has 0 aliphatic rings. The van der Waals surface area contributed by atoms with E-state index in [9.17, 15) is 4.79 Å². The molecular weight excluding hydrogens is 216 g/mol. The zero-order valence-corrected chi connectivity index (χ0v) is 9.21. The maximum atomic E-state index is 11.3. The lowest BCUT2D eigenvalue weighted by molar-refractivity contribution is 1.02. The Balaban J connectivity index is 2.36. The molecule has 0 bridgehead atoms. The van der Waals surface area contributed by atoms with Crippen molar-refractivity contribution in [3.05, 3.63) is 52.4 Å². The van der Waals surface area contributed by atoms with Gasteiger partial charge in [-0.05, 0) is 6.92 Å². The van der Waals surface area contributed by atoms with E-state index < -0.39 is 0 Å². The van der Waals surface area contributed by atoms with Gasteiger partial charge in [0.25, 0.3) is 5.56 Å². The van der Waals surface area contributed by atoms with E-state index >= 15 is 0 Å². The summed E-state index contributed by atoms with van der Waals surface area (Å²) in [6, 6.07) is 11.3. The highest BCUT2D eigenvalue weighted by Crippen LogP contribution is 2.17. The summed E-state index contributed by atoms with van der Waals surface area (Å²) >= 11 is 0. The number of aryl methyl sites for hydroxylation is 1. The molecule has 0 unspecified atom stereocenters. The van der Waals surface area contributed by atoms with Gasteiger partial charge in [-0.2, -0.15) is 0 Å². The molecule has 0 aliphatic carbocycles. The van der Waals surface area contributed by atoms with E-state index in [1.165, 1.54) is 6.07 Å². The second kappa shape index (κ2) is 3.55. The van der Waals surface area contributed by atoms with Crippen LogP contribution in [0.2, 0.25) is 0 Å². The minimum absolute atomic E-state index is 0.165. The molecule has 3 rings (SSSR count). The Morgan fingerprint density at radius 3 is 2.71 bits per heavy atom. The minimum atomic E-state index is -0.165. The first-order valence-electron chi connectivity index (χ1n) is 5.26. The third kappa shape index (κ3) is 1.52. The molecule has 0 aliphatic heterocycles. The van der Waals surface area contributed by atoms with Crippen LogP contribution in [0.25, 0.3) is 17.2 Å². The fraction of sp³-hybridized carbons (Fsp3) is 0.0833. The molecule has 1 N–H and O–H groups in total. The largest absolute Gasteiger partial charge is 0.291 e. The first-order valence-corrected chi connectivity index (χ1v) is 5.26. The fourth-order valence-corrected chi connectivity index (χ4v) is 1.87. The second-order valence-corrected chi connectivity index (χ2v) is 3.82. The van der Waals surface area contributed by atoms with Crippen LogP contribution in [-0.4, -0.2) is 19.6 Å². The van der Waals surface area contributed by atoms with Crippen LogP contribution in [0.15, 0.2) is 41.2 Å². The lowest BCUT2D eigenvalue weighted by Crippen LogP contribution is -2.09. The average molecular weight is 226 g/mol. The van der Waals surface area contributed by atoms with E-state index in [1.54, 1.807) is 0 Å². The van der Waals surface area contributed by atoms with Crippen LogP contribution >= 0.6 is 0 Å². The van der Waals surface area contributed by atoms with E-state index in [2.05, 4.69) is 15.2 Å². The van der Waals surface area contributed by atoms with Crippen LogP contribution < -0.4 is 5.56 Å². The minimum Gasteiger partial charge on any atom is -0.291 e. The molecule has 17 heavy (non-hydrogen) atoms. The quantitative estimate of drug-likeness (QED) is 0.682. The van der Waals surface area contributed by atoms with E-state index in [1.807, 2.05) is 41.7 Å². The van der Waals surface area contributed by atoms with Crippen molar-refractivity contribution >= 4 is 5.78 Å². The van der Waals surface area contributed by atoms with Gasteiger partial charge < -0.3 is 0 Å². The fourth-order valence-electron chi connectivity index (χ4n) is 1.87. The lowest BCUT2D eigenvalue weighted by Gasteiger charge is -2.02. The number of nitrogens with one attached hydrogen (secondary N) is 1. The summed E-state index contributed by atoms with van der Waals surface area (Å²) in [5.41, 5.74) is 1.62. The van der Waals surface area contributed by atoms with E-state index in [-0.39, 0.29) is 5.56 Å². The number of fused-ring (bicyclic) bond motifs is 1. The summed E-state index contributed by atoms with van der Waals surface area (Å²) in [6.07, 6.45) is 0. The van der Waals surface area contributed by atoms with Crippen LogP contribution in [0, 0.1) is 6.92 Å². The number of H-pyrrole nitrogens is 1. The van der Waals surface area contributed by atoms with Gasteiger partial charge in [0, 0.05) is 17.3 Å². The maximum absolute atomic E-state index is 11.3. The Morgan fingerprint density at radius 2 is 1.94 bits per heavy atom. The van der Waals surface area contributed by atoms with Gasteiger partial charge in [-0.1, -0.05) is 30.3 Å². The van der Waals surface area contributed by atoms with Gasteiger partial charge in [0.1, 0.15) is 0 Å². The molecule has 0 amide bonds. The summed E-state index contributed by atoms with van der Waals surface area (Å²) in [6.45, 7) is 1.86. The lowest BCUT2D eigenvalue weighted by atomic mass is 10.2. The molecular formula is C12H10N4O. The number of aromatic nitrogens is 4. The molecule has 5 heteroatoms. The van der Waals surface area contributed by atoms with Gasteiger partial charge in [0.05, 0.1) is 0 Å². The standard InChI is InChI=1S/C12H10N4O/c1-8-7-10(17)13-12-15-14-11(16(8)12)9-5-3-2-4-6-9/h2-7H,1H3,(H,13,15,17). The molecule has 1 aromatic carbocycles. The van der Waals surface area contributed by atoms with Crippen molar-refractivity contribution in [1.29, 1.82) is 0 Å². The van der Waals surface area contributed by atoms with Gasteiger partial charge in [-0.3, -0.25) is 14.2 Å². The number of benzene rings is 1. The highest BCUT2D eigenvalue weighted by atomic mass is 16.1. The average Bonchev–Trinajstić information content (AvgIpc) is 2.74. The Kier molecular flexibility index (Phi) is 2.04. The zero-order valence-electron chi connectivity index (χ0n) is 9.21. The van der Waals surface area contributed by atoms with Crippen molar-refractivity contribution < 1.29 is 0 Å². The van der Waals surface area contributed by atoms with Crippen LogP contribution in [-0.2, 0) is 0 Å². The highest BCUT2D eigenvalue weighted by Gasteiger charge is 2.10. The molecule has 0 saturated carbocycles. The normalized spacial score (nSPS) is 10.9. The van der Waals surface area contributed by atoms with Gasteiger partial charge in [-0.15, -0.1) is 10.2 Å². The summed E-state index contributed by atoms with van der Waals surface area (Å²) in [7, 11) is 0. The smallest absolute Gasteiger partial charge is 0.252 e. The predicted octanol–water partition coefficient (Wildman–Crippen LogP) is 1.39. The number of hydrogen-bond acceptors (Lipinski definition) is 3. The van der Waals surface area contributed by atoms with Crippen molar-refractivity contribution in [1.82, 2.24) is 19.6 Å². The molecule has 5 nitrogen and oxygen atoms in total. The van der Waals surface area contributed by atoms with Crippen LogP contribution in [0.1, 0.15) is 5.69 Å². The monoisotopic (exact) mass is 226 g/mol. The molecule has 0 radical (unpaired) electrons. The van der Waals surface area contributed by atoms with Gasteiger partial charge in [0.2, 0.25) is 5.78 Å². The molecule has 2 heterocycles. The number of rotatable bonds is 1. The van der Waals surface area contributed by atoms with Crippen molar-refractivity contribution in [2.45, 2.75) is 6.92 Å². The third-order valence-corrected chi connectivity index (χ3v) is 2.62. The molecule has 2 aromatic heterocycles. The van der Waals surface area contributed by atoms with E-state index in [0.29, 0.717) is 5.78 Å². The molecule has 0 atom stereocenters. The topological polar surface area (TPSA) is 63.0 Å². The Hall–Kier alpha value is -2.43. The molecule has 0 spiro atoms. The number of nitrogens with zero attached hydrogens (tertiary/aromatic N) is 3. The SMILES string of the molecule is Cc1cc(=O)[nH]c2nnc(-c3ccccc3)n12. The van der Waals surface area contributed by atoms with Gasteiger partial charge in [0.15, 0.2) is 5.82 Å². The van der Waals surface area contributed by atoms with Gasteiger partial charge >= 0.3 is 0 Å². The van der Waals surface area contributed by atoms with Crippen LogP contribution in [0.5, 0.6) is 0 Å². The van der Waals surface area contributed by atoms with Crippen LogP contribution in [0.4, 0.5) is 0 Å². The van der Waals surface area contributed by atoms with Gasteiger partial charge in [-0.25, -0.2) is 0 Å². The molecule has 84 valence electrons. The molecule has 0 fully saturated rings. The summed E-state index contributed by atoms with van der Waals surface area (Å²) in [5, 5.41) is 8.08. The van der Waals surface area contributed by atoms with E-state index in [0.717, 1.165) is 17.1 Å². The Morgan fingerprint density at radius 1 is 1.18 bits per heavy atom. The first-order chi connectivity index (χ1) is 8.25. The van der Waals surface area contributed by atoms with Crippen LogP contribution in [0.3, 0.4) is 0 Å². The van der Waals surface area contributed by atoms with Crippen molar-refractivity contribution in [3.8, 4) is 11.4 Å². The summed E-state index contributed by atoms with van der Waals surface area (Å²) < 4.78 is 1.83. The third-order valence-electron chi connectivity index (χ3n) is 2.62. The van der Waals surface area contributed by atoms with Crippen molar-refractivity contribution in [2.24, 2.45) is 0 Å². The first kappa shape index (κ1) is 9.77. The van der Waals surface area contributed by atoms with E-state index in [4.69, 9.17) is 0 Å². The number of hydrogen-bond donors (Lipinski definition) is 1. The summed E-state index contributed by atoms with van der Waals surface area (Å²) in [5.74, 6) is 1.20. The molecule has 0 saturated heterocycles. The Labute approximate surface area is 96.8 Å². The maximum Gasteiger partial charge on any atom is 0.252 e. The Bertz CT molecular complexity index is 727. The summed E-state index contributed by atoms with van der Waals surface area (Å²) in [4.78, 5) is 14.0. The van der Waals surface area contributed by atoms with Crippen molar-refractivity contribution in [2.75, 3.05) is 0 Å². The van der Waals surface area contributed by atoms with Crippen molar-refractivity contribution in [3.63, 3.8) is 0 Å². The number of aromatic amines is 1. The molecule has 3 aromatic rings. The second-order valence-electron chi connectivity index (χ2n) is 3.82. The predicted molar refractivity (Wildman–Crippen MR) is 63.8 cm³/mol.